The topological polar surface area (TPSA) is 27.7 Å². The highest BCUT2D eigenvalue weighted by Crippen LogP contribution is 2.37. The van der Waals surface area contributed by atoms with Crippen LogP contribution in [0.25, 0.3) is 0 Å². The Hall–Kier alpha value is -1.34. The van der Waals surface area contributed by atoms with E-state index in [1.54, 1.807) is 26.4 Å². The monoisotopic (exact) mass is 270 g/mol. The molecule has 0 amide bonds. The van der Waals surface area contributed by atoms with Crippen molar-refractivity contribution < 1.29 is 14.2 Å². The molecule has 0 aliphatic heterocycles. The zero-order valence-corrected chi connectivity index (χ0v) is 10.1. The molecule has 3 nitrogen and oxygen atoms in total. The first-order valence-corrected chi connectivity index (χ1v) is 5.00. The van der Waals surface area contributed by atoms with Gasteiger partial charge in [0.05, 0.1) is 18.7 Å². The van der Waals surface area contributed by atoms with E-state index >= 15 is 0 Å². The predicted molar refractivity (Wildman–Crippen MR) is 61.6 cm³/mol. The number of methoxy groups -OCH3 is 2. The minimum atomic E-state index is 0.216. The summed E-state index contributed by atoms with van der Waals surface area (Å²) in [6.45, 7) is 0.216. The normalized spacial score (nSPS) is 9.20. The fourth-order valence-electron chi connectivity index (χ4n) is 1.07. The molecule has 0 aliphatic rings. The summed E-state index contributed by atoms with van der Waals surface area (Å²) in [5, 5.41) is 0. The molecule has 0 heterocycles. The van der Waals surface area contributed by atoms with Crippen LogP contribution in [0.5, 0.6) is 17.2 Å². The fraction of sp³-hybridized carbons (Fsp3) is 0.273. The van der Waals surface area contributed by atoms with Crippen LogP contribution in [0.15, 0.2) is 16.6 Å². The molecule has 80 valence electrons. The number of terminal acetylenes is 1. The number of hydrogen-bond donors (Lipinski definition) is 0. The van der Waals surface area contributed by atoms with Crippen LogP contribution in [-0.2, 0) is 0 Å². The molecule has 0 saturated carbocycles. The van der Waals surface area contributed by atoms with E-state index in [0.717, 1.165) is 4.47 Å². The Morgan fingerprint density at radius 2 is 1.80 bits per heavy atom. The predicted octanol–water partition coefficient (Wildman–Crippen LogP) is 2.48. The second-order valence-electron chi connectivity index (χ2n) is 2.63. The summed E-state index contributed by atoms with van der Waals surface area (Å²) in [5.74, 6) is 4.27. The van der Waals surface area contributed by atoms with Gasteiger partial charge in [-0.25, -0.2) is 0 Å². The van der Waals surface area contributed by atoms with Crippen LogP contribution in [-0.4, -0.2) is 20.8 Å². The zero-order chi connectivity index (χ0) is 11.3. The Morgan fingerprint density at radius 3 is 2.33 bits per heavy atom. The maximum Gasteiger partial charge on any atom is 0.164 e. The molecule has 0 saturated heterocycles. The average Bonchev–Trinajstić information content (AvgIpc) is 2.27. The number of halogens is 1. The lowest BCUT2D eigenvalue weighted by atomic mass is 10.3. The molecule has 0 N–H and O–H groups in total. The van der Waals surface area contributed by atoms with E-state index in [-0.39, 0.29) is 6.61 Å². The first-order valence-electron chi connectivity index (χ1n) is 4.20. The van der Waals surface area contributed by atoms with Crippen molar-refractivity contribution in [3.8, 4) is 29.6 Å². The quantitative estimate of drug-likeness (QED) is 0.787. The summed E-state index contributed by atoms with van der Waals surface area (Å²) in [6.07, 6.45) is 5.11. The van der Waals surface area contributed by atoms with Crippen molar-refractivity contribution >= 4 is 15.9 Å². The van der Waals surface area contributed by atoms with Crippen molar-refractivity contribution in [3.05, 3.63) is 16.6 Å². The maximum absolute atomic E-state index is 5.31. The van der Waals surface area contributed by atoms with E-state index < -0.39 is 0 Å². The van der Waals surface area contributed by atoms with Crippen molar-refractivity contribution in [3.63, 3.8) is 0 Å². The number of ether oxygens (including phenoxy) is 3. The van der Waals surface area contributed by atoms with E-state index in [2.05, 4.69) is 21.9 Å². The molecule has 4 heteroatoms. The molecular weight excluding hydrogens is 260 g/mol. The summed E-state index contributed by atoms with van der Waals surface area (Å²) in [5.41, 5.74) is 0. The second-order valence-corrected chi connectivity index (χ2v) is 3.48. The molecule has 1 rings (SSSR count). The van der Waals surface area contributed by atoms with Gasteiger partial charge in [0, 0.05) is 12.1 Å². The van der Waals surface area contributed by atoms with Gasteiger partial charge in [-0.2, -0.15) is 0 Å². The lowest BCUT2D eigenvalue weighted by molar-refractivity contribution is 0.340. The molecule has 1 aromatic carbocycles. The van der Waals surface area contributed by atoms with Crippen LogP contribution in [0.2, 0.25) is 0 Å². The third-order valence-corrected chi connectivity index (χ3v) is 2.37. The number of benzene rings is 1. The Kier molecular flexibility index (Phi) is 4.32. The van der Waals surface area contributed by atoms with Gasteiger partial charge >= 0.3 is 0 Å². The van der Waals surface area contributed by atoms with Crippen LogP contribution in [0, 0.1) is 12.3 Å². The SMILES string of the molecule is C#CCOc1cc(OC)c(OC)cc1Br. The molecule has 0 aromatic heterocycles. The first kappa shape index (κ1) is 11.7. The van der Waals surface area contributed by atoms with E-state index in [0.29, 0.717) is 17.2 Å². The molecule has 0 spiro atoms. The molecule has 1 aromatic rings. The van der Waals surface area contributed by atoms with Crippen LogP contribution < -0.4 is 14.2 Å². The third-order valence-electron chi connectivity index (χ3n) is 1.75. The summed E-state index contributed by atoms with van der Waals surface area (Å²) in [4.78, 5) is 0. The first-order chi connectivity index (χ1) is 7.22. The molecule has 0 bridgehead atoms. The maximum atomic E-state index is 5.31. The van der Waals surface area contributed by atoms with Crippen molar-refractivity contribution in [2.45, 2.75) is 0 Å². The number of hydrogen-bond acceptors (Lipinski definition) is 3. The van der Waals surface area contributed by atoms with Gasteiger partial charge in [-0.3, -0.25) is 0 Å². The zero-order valence-electron chi connectivity index (χ0n) is 8.54. The molecule has 0 radical (unpaired) electrons. The minimum absolute atomic E-state index is 0.216. The summed E-state index contributed by atoms with van der Waals surface area (Å²) in [6, 6.07) is 3.49. The highest BCUT2D eigenvalue weighted by Gasteiger charge is 2.09. The smallest absolute Gasteiger partial charge is 0.164 e. The van der Waals surface area contributed by atoms with Crippen molar-refractivity contribution in [1.29, 1.82) is 0 Å². The molecule has 0 fully saturated rings. The van der Waals surface area contributed by atoms with Gasteiger partial charge < -0.3 is 14.2 Å². The lowest BCUT2D eigenvalue weighted by Gasteiger charge is -2.11. The van der Waals surface area contributed by atoms with Crippen LogP contribution in [0.1, 0.15) is 0 Å². The van der Waals surface area contributed by atoms with Crippen LogP contribution >= 0.6 is 15.9 Å². The average molecular weight is 271 g/mol. The number of rotatable bonds is 4. The highest BCUT2D eigenvalue weighted by molar-refractivity contribution is 9.10. The van der Waals surface area contributed by atoms with Gasteiger partial charge in [0.15, 0.2) is 11.5 Å². The Bertz CT molecular complexity index is 382. The molecule has 0 unspecified atom stereocenters. The fourth-order valence-corrected chi connectivity index (χ4v) is 1.50. The second kappa shape index (κ2) is 5.52. The van der Waals surface area contributed by atoms with Gasteiger partial charge in [-0.15, -0.1) is 6.42 Å². The van der Waals surface area contributed by atoms with E-state index in [4.69, 9.17) is 20.6 Å². The molecule has 15 heavy (non-hydrogen) atoms. The molecular formula is C11H11BrO3. The summed E-state index contributed by atoms with van der Waals surface area (Å²) in [7, 11) is 3.14. The van der Waals surface area contributed by atoms with Gasteiger partial charge in [-0.1, -0.05) is 5.92 Å². The van der Waals surface area contributed by atoms with Crippen LogP contribution in [0.3, 0.4) is 0 Å². The van der Waals surface area contributed by atoms with E-state index in [1.165, 1.54) is 0 Å². The largest absolute Gasteiger partial charge is 0.493 e. The van der Waals surface area contributed by atoms with E-state index in [9.17, 15) is 0 Å². The highest BCUT2D eigenvalue weighted by atomic mass is 79.9. The van der Waals surface area contributed by atoms with Gasteiger partial charge in [0.2, 0.25) is 0 Å². The summed E-state index contributed by atoms with van der Waals surface area (Å²) < 4.78 is 16.3. The van der Waals surface area contributed by atoms with Gasteiger partial charge in [0.25, 0.3) is 0 Å². The van der Waals surface area contributed by atoms with E-state index in [1.807, 2.05) is 0 Å². The minimum Gasteiger partial charge on any atom is -0.493 e. The van der Waals surface area contributed by atoms with Crippen molar-refractivity contribution in [1.82, 2.24) is 0 Å². The van der Waals surface area contributed by atoms with Gasteiger partial charge in [0.1, 0.15) is 12.4 Å². The van der Waals surface area contributed by atoms with Gasteiger partial charge in [-0.05, 0) is 15.9 Å². The molecule has 0 aliphatic carbocycles. The lowest BCUT2D eigenvalue weighted by Crippen LogP contribution is -1.97. The third kappa shape index (κ3) is 2.80. The molecule has 0 atom stereocenters. The standard InChI is InChI=1S/C11H11BrO3/c1-4-5-15-9-7-11(14-3)10(13-2)6-8(9)12/h1,6-7H,5H2,2-3H3. The Balaban J connectivity index is 3.03. The summed E-state index contributed by atoms with van der Waals surface area (Å²) >= 11 is 3.35. The van der Waals surface area contributed by atoms with Crippen molar-refractivity contribution in [2.75, 3.05) is 20.8 Å². The van der Waals surface area contributed by atoms with Crippen molar-refractivity contribution in [2.24, 2.45) is 0 Å². The Labute approximate surface area is 97.5 Å². The van der Waals surface area contributed by atoms with Crippen LogP contribution in [0.4, 0.5) is 0 Å². The Morgan fingerprint density at radius 1 is 1.20 bits per heavy atom.